The van der Waals surface area contributed by atoms with Crippen LogP contribution in [0.1, 0.15) is 115 Å². The van der Waals surface area contributed by atoms with E-state index in [0.717, 1.165) is 50.0 Å². The third-order valence-electron chi connectivity index (χ3n) is 9.23. The molecule has 1 saturated heterocycles. The molecule has 1 aromatic carbocycles. The van der Waals surface area contributed by atoms with Crippen molar-refractivity contribution in [3.8, 4) is 5.75 Å². The second-order valence-electron chi connectivity index (χ2n) is 11.3. The molecular formula is C30H46F2O2. The largest absolute Gasteiger partial charge is 0.491 e. The van der Waals surface area contributed by atoms with Crippen molar-refractivity contribution in [1.29, 1.82) is 0 Å². The normalized spacial score (nSPS) is 32.5. The highest BCUT2D eigenvalue weighted by Crippen LogP contribution is 2.44. The van der Waals surface area contributed by atoms with Gasteiger partial charge in [-0.1, -0.05) is 51.5 Å². The second kappa shape index (κ2) is 12.7. The smallest absolute Gasteiger partial charge is 0.200 e. The van der Waals surface area contributed by atoms with E-state index in [9.17, 15) is 8.78 Å². The first-order valence-electron chi connectivity index (χ1n) is 14.3. The summed E-state index contributed by atoms with van der Waals surface area (Å²) in [6.07, 6.45) is 18.1. The van der Waals surface area contributed by atoms with Gasteiger partial charge in [-0.15, -0.1) is 0 Å². The molecule has 1 aromatic rings. The van der Waals surface area contributed by atoms with E-state index in [1.807, 2.05) is 0 Å². The van der Waals surface area contributed by atoms with Gasteiger partial charge in [-0.3, -0.25) is 0 Å². The molecule has 0 N–H and O–H groups in total. The maximum atomic E-state index is 14.7. The molecule has 192 valence electrons. The average molecular weight is 477 g/mol. The van der Waals surface area contributed by atoms with E-state index < -0.39 is 11.6 Å². The summed E-state index contributed by atoms with van der Waals surface area (Å²) in [5, 5.41) is 0. The van der Waals surface area contributed by atoms with Crippen LogP contribution in [-0.2, 0) is 4.74 Å². The quantitative estimate of drug-likeness (QED) is 0.331. The van der Waals surface area contributed by atoms with E-state index in [-0.39, 0.29) is 11.7 Å². The van der Waals surface area contributed by atoms with Gasteiger partial charge in [0, 0.05) is 0 Å². The minimum atomic E-state index is -0.835. The zero-order valence-corrected chi connectivity index (χ0v) is 21.5. The minimum absolute atomic E-state index is 0.0209. The molecule has 4 heteroatoms. The van der Waals surface area contributed by atoms with Gasteiger partial charge in [-0.25, -0.2) is 4.39 Å². The van der Waals surface area contributed by atoms with Crippen LogP contribution < -0.4 is 4.74 Å². The lowest BCUT2D eigenvalue weighted by atomic mass is 9.71. The Morgan fingerprint density at radius 1 is 0.794 bits per heavy atom. The first kappa shape index (κ1) is 25.9. The van der Waals surface area contributed by atoms with Crippen molar-refractivity contribution in [2.45, 2.75) is 116 Å². The van der Waals surface area contributed by atoms with E-state index in [4.69, 9.17) is 9.47 Å². The van der Waals surface area contributed by atoms with Gasteiger partial charge in [0.1, 0.15) is 0 Å². The lowest BCUT2D eigenvalue weighted by Gasteiger charge is -2.41. The fraction of sp³-hybridized carbons (Fsp3) is 0.800. The van der Waals surface area contributed by atoms with Crippen molar-refractivity contribution in [3.63, 3.8) is 0 Å². The Labute approximate surface area is 206 Å². The van der Waals surface area contributed by atoms with Crippen molar-refractivity contribution < 1.29 is 18.3 Å². The van der Waals surface area contributed by atoms with Crippen LogP contribution in [-0.4, -0.2) is 19.3 Å². The number of halogens is 2. The SMILES string of the molecule is CCCCCC1CCC([C@H]2CC[C@H]([C@H]3CC[C@H](c4ccc(OCC)c(F)c4F)CC3)OC2)CC1. The Hall–Kier alpha value is -1.16. The molecule has 34 heavy (non-hydrogen) atoms. The number of hydrogen-bond acceptors (Lipinski definition) is 2. The predicted octanol–water partition coefficient (Wildman–Crippen LogP) is 8.82. The van der Waals surface area contributed by atoms with Crippen LogP contribution >= 0.6 is 0 Å². The highest BCUT2D eigenvalue weighted by molar-refractivity contribution is 5.33. The monoisotopic (exact) mass is 476 g/mol. The van der Waals surface area contributed by atoms with Gasteiger partial charge < -0.3 is 9.47 Å². The molecule has 0 unspecified atom stereocenters. The molecule has 0 aromatic heterocycles. The average Bonchev–Trinajstić information content (AvgIpc) is 2.88. The third kappa shape index (κ3) is 6.33. The third-order valence-corrected chi connectivity index (χ3v) is 9.23. The Balaban J connectivity index is 1.19. The standard InChI is InChI=1S/C30H46F2O2/c1-3-5-6-7-21-8-10-22(11-9-21)25-16-18-27(34-20-25)24-14-12-23(13-15-24)26-17-19-28(33-4-2)30(32)29(26)31/h17,19,21-25,27H,3-16,18,20H2,1-2H3/t21?,22?,23-,24-,25-,27+/m0/s1. The molecule has 1 heterocycles. The number of benzene rings is 1. The molecule has 1 aliphatic heterocycles. The van der Waals surface area contributed by atoms with Crippen LogP contribution in [0.2, 0.25) is 0 Å². The lowest BCUT2D eigenvalue weighted by Crippen LogP contribution is -2.37. The molecule has 2 aliphatic carbocycles. The van der Waals surface area contributed by atoms with Crippen molar-refractivity contribution in [3.05, 3.63) is 29.3 Å². The van der Waals surface area contributed by atoms with Gasteiger partial charge in [-0.2, -0.15) is 4.39 Å². The summed E-state index contributed by atoms with van der Waals surface area (Å²) in [5.74, 6) is 1.75. The highest BCUT2D eigenvalue weighted by atomic mass is 19.2. The minimum Gasteiger partial charge on any atom is -0.491 e. The maximum Gasteiger partial charge on any atom is 0.200 e. The van der Waals surface area contributed by atoms with Crippen molar-refractivity contribution >= 4 is 0 Å². The van der Waals surface area contributed by atoms with Gasteiger partial charge in [0.05, 0.1) is 19.3 Å². The van der Waals surface area contributed by atoms with Gasteiger partial charge in [-0.05, 0) is 99.5 Å². The number of rotatable bonds is 9. The second-order valence-corrected chi connectivity index (χ2v) is 11.3. The van der Waals surface area contributed by atoms with Crippen LogP contribution in [0.25, 0.3) is 0 Å². The zero-order valence-electron chi connectivity index (χ0n) is 21.5. The van der Waals surface area contributed by atoms with Crippen molar-refractivity contribution in [2.24, 2.45) is 23.7 Å². The molecule has 2 saturated carbocycles. The van der Waals surface area contributed by atoms with Gasteiger partial charge in [0.25, 0.3) is 0 Å². The first-order chi connectivity index (χ1) is 16.6. The van der Waals surface area contributed by atoms with Gasteiger partial charge >= 0.3 is 0 Å². The molecule has 3 aliphatic rings. The van der Waals surface area contributed by atoms with Crippen LogP contribution in [0.5, 0.6) is 5.75 Å². The van der Waals surface area contributed by atoms with Crippen LogP contribution in [0.4, 0.5) is 8.78 Å². The molecule has 2 nitrogen and oxygen atoms in total. The van der Waals surface area contributed by atoms with E-state index in [0.29, 0.717) is 24.2 Å². The lowest BCUT2D eigenvalue weighted by molar-refractivity contribution is -0.0724. The van der Waals surface area contributed by atoms with Crippen molar-refractivity contribution in [2.75, 3.05) is 13.2 Å². The number of unbranched alkanes of at least 4 members (excludes halogenated alkanes) is 2. The van der Waals surface area contributed by atoms with E-state index in [2.05, 4.69) is 6.92 Å². The molecule has 2 atom stereocenters. The fourth-order valence-electron chi connectivity index (χ4n) is 7.10. The molecule has 0 amide bonds. The topological polar surface area (TPSA) is 18.5 Å². The summed E-state index contributed by atoms with van der Waals surface area (Å²) < 4.78 is 40.7. The first-order valence-corrected chi connectivity index (χ1v) is 14.3. The Morgan fingerprint density at radius 2 is 1.50 bits per heavy atom. The molecule has 0 radical (unpaired) electrons. The summed E-state index contributed by atoms with van der Waals surface area (Å²) in [5.41, 5.74) is 0.523. The van der Waals surface area contributed by atoms with E-state index >= 15 is 0 Å². The summed E-state index contributed by atoms with van der Waals surface area (Å²) in [7, 11) is 0. The summed E-state index contributed by atoms with van der Waals surface area (Å²) in [4.78, 5) is 0. The maximum absolute atomic E-state index is 14.7. The predicted molar refractivity (Wildman–Crippen MR) is 134 cm³/mol. The van der Waals surface area contributed by atoms with E-state index in [1.54, 1.807) is 19.1 Å². The molecule has 0 spiro atoms. The molecule has 3 fully saturated rings. The summed E-state index contributed by atoms with van der Waals surface area (Å²) in [6, 6.07) is 3.32. The van der Waals surface area contributed by atoms with Crippen LogP contribution in [0.15, 0.2) is 12.1 Å². The summed E-state index contributed by atoms with van der Waals surface area (Å²) in [6.45, 7) is 5.35. The van der Waals surface area contributed by atoms with E-state index in [1.165, 1.54) is 64.2 Å². The molecule has 0 bridgehead atoms. The van der Waals surface area contributed by atoms with Crippen molar-refractivity contribution in [1.82, 2.24) is 0 Å². The zero-order chi connectivity index (χ0) is 23.9. The number of ether oxygens (including phenoxy) is 2. The Bertz CT molecular complexity index is 742. The molecular weight excluding hydrogens is 430 g/mol. The summed E-state index contributed by atoms with van der Waals surface area (Å²) >= 11 is 0. The molecule has 4 rings (SSSR count). The fourth-order valence-corrected chi connectivity index (χ4v) is 7.10. The van der Waals surface area contributed by atoms with Gasteiger partial charge in [0.15, 0.2) is 11.6 Å². The highest BCUT2D eigenvalue weighted by Gasteiger charge is 2.36. The Morgan fingerprint density at radius 3 is 2.15 bits per heavy atom. The number of hydrogen-bond donors (Lipinski definition) is 0. The van der Waals surface area contributed by atoms with Crippen LogP contribution in [0, 0.1) is 35.3 Å². The Kier molecular flexibility index (Phi) is 9.68. The van der Waals surface area contributed by atoms with Crippen LogP contribution in [0.3, 0.4) is 0 Å². The van der Waals surface area contributed by atoms with Gasteiger partial charge in [0.2, 0.25) is 5.82 Å².